The van der Waals surface area contributed by atoms with E-state index >= 15 is 0 Å². The van der Waals surface area contributed by atoms with E-state index < -0.39 is 5.82 Å². The highest BCUT2D eigenvalue weighted by Crippen LogP contribution is 2.39. The highest BCUT2D eigenvalue weighted by atomic mass is 35.5. The third-order valence-corrected chi connectivity index (χ3v) is 4.38. The summed E-state index contributed by atoms with van der Waals surface area (Å²) in [5.41, 5.74) is 1.86. The molecule has 1 fully saturated rings. The fraction of sp³-hybridized carbons (Fsp3) is 0.250. The number of hydrogen-bond acceptors (Lipinski definition) is 1. The van der Waals surface area contributed by atoms with Crippen molar-refractivity contribution < 1.29 is 8.78 Å². The molecule has 0 radical (unpaired) electrons. The molecule has 3 rings (SSSR count). The molecule has 1 nitrogen and oxygen atoms in total. The Morgan fingerprint density at radius 2 is 1.52 bits per heavy atom. The summed E-state index contributed by atoms with van der Waals surface area (Å²) in [6.45, 7) is 0. The lowest BCUT2D eigenvalue weighted by atomic mass is 9.76. The molecule has 0 heterocycles. The second-order valence-electron chi connectivity index (χ2n) is 5.32. The maximum atomic E-state index is 13.3. The molecular formula is C16H13Cl2F2N. The number of benzene rings is 2. The summed E-state index contributed by atoms with van der Waals surface area (Å²) in [6, 6.07) is 9.97. The van der Waals surface area contributed by atoms with Gasteiger partial charge in [-0.15, -0.1) is 0 Å². The summed E-state index contributed by atoms with van der Waals surface area (Å²) >= 11 is 11.5. The second-order valence-corrected chi connectivity index (χ2v) is 6.13. The van der Waals surface area contributed by atoms with Crippen LogP contribution in [0.4, 0.5) is 14.5 Å². The van der Waals surface area contributed by atoms with Crippen molar-refractivity contribution in [3.05, 3.63) is 63.6 Å². The van der Waals surface area contributed by atoms with Crippen LogP contribution in [0.5, 0.6) is 0 Å². The molecule has 1 N–H and O–H groups in total. The molecule has 0 bridgehead atoms. The largest absolute Gasteiger partial charge is 0.382 e. The van der Waals surface area contributed by atoms with Crippen molar-refractivity contribution in [1.29, 1.82) is 0 Å². The molecule has 5 heteroatoms. The van der Waals surface area contributed by atoms with Gasteiger partial charge < -0.3 is 5.32 Å². The third kappa shape index (κ3) is 3.14. The minimum absolute atomic E-state index is 0.0133. The summed E-state index contributed by atoms with van der Waals surface area (Å²) in [7, 11) is 0. The quantitative estimate of drug-likeness (QED) is 0.720. The van der Waals surface area contributed by atoms with Crippen LogP contribution < -0.4 is 5.32 Å². The average molecular weight is 328 g/mol. The van der Waals surface area contributed by atoms with Crippen molar-refractivity contribution in [1.82, 2.24) is 0 Å². The number of hydrogen-bond donors (Lipinski definition) is 1. The van der Waals surface area contributed by atoms with Gasteiger partial charge in [0.15, 0.2) is 5.82 Å². The standard InChI is InChI=1S/C16H13Cl2F2N/c17-14-7-13(8-15(18)16(14)20)21-12-5-10(6-12)9-1-3-11(19)4-2-9/h1-4,7-8,10,12,21H,5-6H2. The van der Waals surface area contributed by atoms with Gasteiger partial charge in [0.05, 0.1) is 10.0 Å². The van der Waals surface area contributed by atoms with Crippen molar-refractivity contribution in [2.75, 3.05) is 5.32 Å². The van der Waals surface area contributed by atoms with Crippen molar-refractivity contribution in [3.8, 4) is 0 Å². The number of halogens is 4. The number of anilines is 1. The normalized spacial score (nSPS) is 21.0. The van der Waals surface area contributed by atoms with Crippen molar-refractivity contribution >= 4 is 28.9 Å². The molecule has 0 aliphatic heterocycles. The minimum Gasteiger partial charge on any atom is -0.382 e. The Hall–Kier alpha value is -1.32. The Morgan fingerprint density at radius 3 is 2.10 bits per heavy atom. The maximum Gasteiger partial charge on any atom is 0.160 e. The van der Waals surface area contributed by atoms with E-state index in [0.29, 0.717) is 11.6 Å². The Kier molecular flexibility index (Phi) is 4.05. The van der Waals surface area contributed by atoms with Crippen molar-refractivity contribution in [2.24, 2.45) is 0 Å². The highest BCUT2D eigenvalue weighted by Gasteiger charge is 2.30. The second kappa shape index (κ2) is 5.82. The molecular weight excluding hydrogens is 315 g/mol. The molecule has 1 aliphatic carbocycles. The summed E-state index contributed by atoms with van der Waals surface area (Å²) in [4.78, 5) is 0. The molecule has 0 amide bonds. The van der Waals surface area contributed by atoms with Gasteiger partial charge >= 0.3 is 0 Å². The smallest absolute Gasteiger partial charge is 0.160 e. The van der Waals surface area contributed by atoms with E-state index in [4.69, 9.17) is 23.2 Å². The Labute approximate surface area is 131 Å². The van der Waals surface area contributed by atoms with Gasteiger partial charge in [-0.05, 0) is 48.6 Å². The molecule has 0 atom stereocenters. The Bertz CT molecular complexity index is 629. The van der Waals surface area contributed by atoms with Gasteiger partial charge in [0.25, 0.3) is 0 Å². The highest BCUT2D eigenvalue weighted by molar-refractivity contribution is 6.35. The molecule has 0 saturated heterocycles. The zero-order valence-electron chi connectivity index (χ0n) is 11.0. The summed E-state index contributed by atoms with van der Waals surface area (Å²) in [5, 5.41) is 3.32. The van der Waals surface area contributed by atoms with Gasteiger partial charge in [0, 0.05) is 11.7 Å². The Balaban J connectivity index is 1.61. The van der Waals surface area contributed by atoms with Crippen LogP contribution in [-0.2, 0) is 0 Å². The van der Waals surface area contributed by atoms with Gasteiger partial charge in [-0.3, -0.25) is 0 Å². The van der Waals surface area contributed by atoms with Crippen LogP contribution in [-0.4, -0.2) is 6.04 Å². The van der Waals surface area contributed by atoms with Crippen LogP contribution in [0.2, 0.25) is 10.0 Å². The SMILES string of the molecule is Fc1ccc(C2CC(Nc3cc(Cl)c(F)c(Cl)c3)C2)cc1. The van der Waals surface area contributed by atoms with E-state index in [1.165, 1.54) is 24.3 Å². The van der Waals surface area contributed by atoms with Gasteiger partial charge in [0.1, 0.15) is 5.82 Å². The van der Waals surface area contributed by atoms with Crippen molar-refractivity contribution in [3.63, 3.8) is 0 Å². The van der Waals surface area contributed by atoms with Gasteiger partial charge in [-0.2, -0.15) is 0 Å². The van der Waals surface area contributed by atoms with Crippen LogP contribution in [0.15, 0.2) is 36.4 Å². The zero-order chi connectivity index (χ0) is 15.0. The predicted molar refractivity (Wildman–Crippen MR) is 82.2 cm³/mol. The van der Waals surface area contributed by atoms with Crippen LogP contribution >= 0.6 is 23.2 Å². The lowest BCUT2D eigenvalue weighted by molar-refractivity contribution is 0.374. The average Bonchev–Trinajstić information content (AvgIpc) is 2.41. The molecule has 1 saturated carbocycles. The van der Waals surface area contributed by atoms with E-state index in [9.17, 15) is 8.78 Å². The van der Waals surface area contributed by atoms with E-state index in [0.717, 1.165) is 18.4 Å². The summed E-state index contributed by atoms with van der Waals surface area (Å²) < 4.78 is 26.2. The van der Waals surface area contributed by atoms with Gasteiger partial charge in [-0.1, -0.05) is 35.3 Å². The lowest BCUT2D eigenvalue weighted by Gasteiger charge is -2.37. The summed E-state index contributed by atoms with van der Waals surface area (Å²) in [5.74, 6) is -0.389. The molecule has 0 aromatic heterocycles. The zero-order valence-corrected chi connectivity index (χ0v) is 12.6. The van der Waals surface area contributed by atoms with Crippen LogP contribution in [0, 0.1) is 11.6 Å². The third-order valence-electron chi connectivity index (χ3n) is 3.83. The van der Waals surface area contributed by atoms with Crippen LogP contribution in [0.3, 0.4) is 0 Å². The van der Waals surface area contributed by atoms with Crippen LogP contribution in [0.25, 0.3) is 0 Å². The molecule has 110 valence electrons. The van der Waals surface area contributed by atoms with E-state index in [-0.39, 0.29) is 21.9 Å². The van der Waals surface area contributed by atoms with E-state index in [2.05, 4.69) is 5.32 Å². The fourth-order valence-electron chi connectivity index (χ4n) is 2.62. The molecule has 0 unspecified atom stereocenters. The van der Waals surface area contributed by atoms with Gasteiger partial charge in [0.2, 0.25) is 0 Å². The minimum atomic E-state index is -0.596. The Morgan fingerprint density at radius 1 is 0.952 bits per heavy atom. The predicted octanol–water partition coefficient (Wildman–Crippen LogP) is 5.63. The number of rotatable bonds is 3. The van der Waals surface area contributed by atoms with Gasteiger partial charge in [-0.25, -0.2) is 8.78 Å². The summed E-state index contributed by atoms with van der Waals surface area (Å²) in [6.07, 6.45) is 1.89. The first-order valence-corrected chi connectivity index (χ1v) is 7.45. The first-order chi connectivity index (χ1) is 10.0. The molecule has 21 heavy (non-hydrogen) atoms. The molecule has 2 aromatic carbocycles. The molecule has 0 spiro atoms. The van der Waals surface area contributed by atoms with E-state index in [1.807, 2.05) is 12.1 Å². The topological polar surface area (TPSA) is 12.0 Å². The monoisotopic (exact) mass is 327 g/mol. The fourth-order valence-corrected chi connectivity index (χ4v) is 3.10. The lowest BCUT2D eigenvalue weighted by Crippen LogP contribution is -2.34. The van der Waals surface area contributed by atoms with E-state index in [1.54, 1.807) is 0 Å². The first-order valence-electron chi connectivity index (χ1n) is 6.69. The van der Waals surface area contributed by atoms with Crippen molar-refractivity contribution in [2.45, 2.75) is 24.8 Å². The molecule has 2 aromatic rings. The maximum absolute atomic E-state index is 13.3. The number of nitrogens with one attached hydrogen (secondary N) is 1. The van der Waals surface area contributed by atoms with Crippen LogP contribution in [0.1, 0.15) is 24.3 Å². The first kappa shape index (κ1) is 14.6. The molecule has 1 aliphatic rings.